The number of aldehydes is 1. The molecule has 0 heterocycles. The normalized spacial score (nSPS) is 15.1. The molecule has 2 heteroatoms. The van der Waals surface area contributed by atoms with E-state index in [1.807, 2.05) is 13.8 Å². The Kier molecular flexibility index (Phi) is 6.50. The topological polar surface area (TPSA) is 37.3 Å². The van der Waals surface area contributed by atoms with Crippen LogP contribution in [0.3, 0.4) is 0 Å². The summed E-state index contributed by atoms with van der Waals surface area (Å²) < 4.78 is 0. The third-order valence-corrected chi connectivity index (χ3v) is 2.44. The zero-order chi connectivity index (χ0) is 11.9. The largest absolute Gasteiger partial charge is 0.390 e. The quantitative estimate of drug-likeness (QED) is 0.520. The van der Waals surface area contributed by atoms with Crippen LogP contribution in [0.2, 0.25) is 0 Å². The summed E-state index contributed by atoms with van der Waals surface area (Å²) in [7, 11) is 0. The zero-order valence-corrected chi connectivity index (χ0v) is 10.4. The van der Waals surface area contributed by atoms with E-state index in [-0.39, 0.29) is 0 Å². The van der Waals surface area contributed by atoms with Crippen LogP contribution in [0.15, 0.2) is 11.6 Å². The molecule has 0 bridgehead atoms. The maximum Gasteiger partial charge on any atom is 0.120 e. The van der Waals surface area contributed by atoms with E-state index in [0.29, 0.717) is 12.3 Å². The highest BCUT2D eigenvalue weighted by molar-refractivity contribution is 5.49. The van der Waals surface area contributed by atoms with Crippen molar-refractivity contribution in [2.45, 2.75) is 59.0 Å². The number of allylic oxidation sites excluding steroid dienone is 2. The molecule has 0 saturated heterocycles. The molecule has 15 heavy (non-hydrogen) atoms. The Labute approximate surface area is 93.4 Å². The molecule has 0 saturated carbocycles. The monoisotopic (exact) mass is 212 g/mol. The van der Waals surface area contributed by atoms with Crippen molar-refractivity contribution in [3.8, 4) is 0 Å². The van der Waals surface area contributed by atoms with E-state index < -0.39 is 5.60 Å². The van der Waals surface area contributed by atoms with Crippen molar-refractivity contribution in [1.29, 1.82) is 0 Å². The van der Waals surface area contributed by atoms with Crippen LogP contribution in [-0.4, -0.2) is 17.0 Å². The first-order valence-corrected chi connectivity index (χ1v) is 5.68. The lowest BCUT2D eigenvalue weighted by Crippen LogP contribution is -2.19. The van der Waals surface area contributed by atoms with Gasteiger partial charge in [-0.1, -0.05) is 18.6 Å². The fraction of sp³-hybridized carbons (Fsp3) is 0.769. The van der Waals surface area contributed by atoms with Crippen LogP contribution in [0, 0.1) is 5.92 Å². The maximum absolute atomic E-state index is 10.2. The predicted octanol–water partition coefficient (Wildman–Crippen LogP) is 3.10. The van der Waals surface area contributed by atoms with E-state index in [9.17, 15) is 9.90 Å². The van der Waals surface area contributed by atoms with Crippen LogP contribution in [0.25, 0.3) is 0 Å². The number of hydrogen-bond donors (Lipinski definition) is 1. The Bertz CT molecular complexity index is 211. The fourth-order valence-electron chi connectivity index (χ4n) is 1.52. The first-order chi connectivity index (χ1) is 6.85. The molecule has 0 aliphatic rings. The maximum atomic E-state index is 10.2. The Morgan fingerprint density at radius 2 is 2.07 bits per heavy atom. The van der Waals surface area contributed by atoms with Crippen LogP contribution in [0.5, 0.6) is 0 Å². The minimum atomic E-state index is -0.571. The number of carbonyl (C=O) groups is 1. The van der Waals surface area contributed by atoms with Gasteiger partial charge in [-0.15, -0.1) is 0 Å². The minimum Gasteiger partial charge on any atom is -0.390 e. The SMILES string of the molecule is C/C(=C\C(C)CCC(C)(C)O)CCC=O. The molecule has 2 nitrogen and oxygen atoms in total. The van der Waals surface area contributed by atoms with Crippen molar-refractivity contribution >= 4 is 6.29 Å². The average Bonchev–Trinajstić information content (AvgIpc) is 2.10. The van der Waals surface area contributed by atoms with Crippen LogP contribution in [-0.2, 0) is 4.79 Å². The second kappa shape index (κ2) is 6.78. The molecule has 1 N–H and O–H groups in total. The number of carbonyl (C=O) groups excluding carboxylic acids is 1. The van der Waals surface area contributed by atoms with E-state index in [2.05, 4.69) is 19.9 Å². The molecular weight excluding hydrogens is 188 g/mol. The van der Waals surface area contributed by atoms with Gasteiger partial charge in [-0.2, -0.15) is 0 Å². The molecule has 0 aromatic carbocycles. The smallest absolute Gasteiger partial charge is 0.120 e. The lowest BCUT2D eigenvalue weighted by molar-refractivity contribution is -0.107. The summed E-state index contributed by atoms with van der Waals surface area (Å²) in [5.74, 6) is 0.475. The summed E-state index contributed by atoms with van der Waals surface area (Å²) in [6.07, 6.45) is 6.43. The standard InChI is InChI=1S/C13H24O2/c1-11(6-5-9-14)10-12(2)7-8-13(3,4)15/h9-10,12,15H,5-8H2,1-4H3/b11-10+. The molecule has 0 aliphatic heterocycles. The van der Waals surface area contributed by atoms with Crippen molar-refractivity contribution < 1.29 is 9.90 Å². The van der Waals surface area contributed by atoms with E-state index in [1.165, 1.54) is 5.57 Å². The van der Waals surface area contributed by atoms with E-state index in [0.717, 1.165) is 25.5 Å². The Balaban J connectivity index is 3.90. The molecule has 0 spiro atoms. The molecule has 0 aliphatic carbocycles. The third kappa shape index (κ3) is 9.67. The fourth-order valence-corrected chi connectivity index (χ4v) is 1.52. The van der Waals surface area contributed by atoms with Gasteiger partial charge in [-0.05, 0) is 46.0 Å². The van der Waals surface area contributed by atoms with Crippen LogP contribution in [0.1, 0.15) is 53.4 Å². The van der Waals surface area contributed by atoms with Crippen LogP contribution >= 0.6 is 0 Å². The average molecular weight is 212 g/mol. The Morgan fingerprint density at radius 3 is 2.53 bits per heavy atom. The van der Waals surface area contributed by atoms with Gasteiger partial charge >= 0.3 is 0 Å². The number of aliphatic hydroxyl groups is 1. The van der Waals surface area contributed by atoms with Crippen molar-refractivity contribution in [3.63, 3.8) is 0 Å². The van der Waals surface area contributed by atoms with Crippen molar-refractivity contribution in [2.24, 2.45) is 5.92 Å². The Morgan fingerprint density at radius 1 is 1.47 bits per heavy atom. The van der Waals surface area contributed by atoms with Gasteiger partial charge in [0.2, 0.25) is 0 Å². The molecule has 88 valence electrons. The van der Waals surface area contributed by atoms with Gasteiger partial charge in [-0.25, -0.2) is 0 Å². The first-order valence-electron chi connectivity index (χ1n) is 5.68. The highest BCUT2D eigenvalue weighted by Crippen LogP contribution is 2.18. The van der Waals surface area contributed by atoms with Gasteiger partial charge in [0.25, 0.3) is 0 Å². The number of rotatable bonds is 7. The second-order valence-corrected chi connectivity index (χ2v) is 5.05. The summed E-state index contributed by atoms with van der Waals surface area (Å²) in [4.78, 5) is 10.2. The van der Waals surface area contributed by atoms with Gasteiger partial charge in [0.1, 0.15) is 6.29 Å². The molecule has 0 rings (SSSR count). The van der Waals surface area contributed by atoms with Crippen molar-refractivity contribution in [2.75, 3.05) is 0 Å². The van der Waals surface area contributed by atoms with Gasteiger partial charge < -0.3 is 9.90 Å². The molecule has 1 atom stereocenters. The third-order valence-electron chi connectivity index (χ3n) is 2.44. The molecule has 0 fully saturated rings. The zero-order valence-electron chi connectivity index (χ0n) is 10.4. The molecule has 1 unspecified atom stereocenters. The lowest BCUT2D eigenvalue weighted by atomic mass is 9.94. The molecule has 0 aromatic heterocycles. The summed E-state index contributed by atoms with van der Waals surface area (Å²) in [6.45, 7) is 7.88. The van der Waals surface area contributed by atoms with Crippen LogP contribution in [0.4, 0.5) is 0 Å². The van der Waals surface area contributed by atoms with Gasteiger partial charge in [0.15, 0.2) is 0 Å². The minimum absolute atomic E-state index is 0.475. The van der Waals surface area contributed by atoms with Gasteiger partial charge in [0.05, 0.1) is 5.60 Å². The molecular formula is C13H24O2. The summed E-state index contributed by atoms with van der Waals surface area (Å²) in [6, 6.07) is 0. The van der Waals surface area contributed by atoms with E-state index >= 15 is 0 Å². The highest BCUT2D eigenvalue weighted by atomic mass is 16.3. The van der Waals surface area contributed by atoms with Crippen LogP contribution < -0.4 is 0 Å². The summed E-state index contributed by atoms with van der Waals surface area (Å²) in [5, 5.41) is 9.58. The highest BCUT2D eigenvalue weighted by Gasteiger charge is 2.13. The van der Waals surface area contributed by atoms with E-state index in [4.69, 9.17) is 0 Å². The van der Waals surface area contributed by atoms with Gasteiger partial charge in [0, 0.05) is 6.42 Å². The van der Waals surface area contributed by atoms with E-state index in [1.54, 1.807) is 0 Å². The lowest BCUT2D eigenvalue weighted by Gasteiger charge is -2.18. The summed E-state index contributed by atoms with van der Waals surface area (Å²) >= 11 is 0. The molecule has 0 amide bonds. The van der Waals surface area contributed by atoms with Crippen molar-refractivity contribution in [3.05, 3.63) is 11.6 Å². The predicted molar refractivity (Wildman–Crippen MR) is 63.8 cm³/mol. The first kappa shape index (κ1) is 14.4. The molecule has 0 aromatic rings. The summed E-state index contributed by atoms with van der Waals surface area (Å²) in [5.41, 5.74) is 0.698. The number of hydrogen-bond acceptors (Lipinski definition) is 2. The second-order valence-electron chi connectivity index (χ2n) is 5.05. The van der Waals surface area contributed by atoms with Gasteiger partial charge in [-0.3, -0.25) is 0 Å². The Hall–Kier alpha value is -0.630. The van der Waals surface area contributed by atoms with Crippen molar-refractivity contribution in [1.82, 2.24) is 0 Å². The molecule has 0 radical (unpaired) electrons.